The van der Waals surface area contributed by atoms with E-state index < -0.39 is 0 Å². The normalized spacial score (nSPS) is 13.9. The zero-order valence-electron chi connectivity index (χ0n) is 21.1. The minimum Gasteiger partial charge on any atom is -0.379 e. The summed E-state index contributed by atoms with van der Waals surface area (Å²) in [6.07, 6.45) is 0.384. The average molecular weight is 496 g/mol. The Labute approximate surface area is 218 Å². The average Bonchev–Trinajstić information content (AvgIpc) is 2.96. The lowest BCUT2D eigenvalue weighted by molar-refractivity contribution is -0.121. The van der Waals surface area contributed by atoms with Crippen molar-refractivity contribution in [3.05, 3.63) is 90.5 Å². The van der Waals surface area contributed by atoms with Crippen molar-refractivity contribution < 1.29 is 9.53 Å². The van der Waals surface area contributed by atoms with Crippen LogP contribution in [0.15, 0.2) is 84.9 Å². The van der Waals surface area contributed by atoms with E-state index in [0.29, 0.717) is 31.9 Å². The molecule has 0 radical (unpaired) electrons. The van der Waals surface area contributed by atoms with E-state index in [4.69, 9.17) is 14.7 Å². The standard InChI is InChI=1S/C30H33N5O2/c36-28(31-16-18-34-19-21-37-22-20-34)15-17-35(23-24-9-3-1-4-10-24)30-26-13-7-8-14-27(26)32-29(33-30)25-11-5-2-6-12-25/h1-14H,15-23H2,(H,31,36). The smallest absolute Gasteiger partial charge is 0.221 e. The second-order valence-electron chi connectivity index (χ2n) is 9.22. The Kier molecular flexibility index (Phi) is 8.35. The van der Waals surface area contributed by atoms with Crippen molar-refractivity contribution in [3.63, 3.8) is 0 Å². The van der Waals surface area contributed by atoms with Gasteiger partial charge in [-0.2, -0.15) is 0 Å². The topological polar surface area (TPSA) is 70.6 Å². The molecule has 0 unspecified atom stereocenters. The number of rotatable bonds is 10. The van der Waals surface area contributed by atoms with Crippen molar-refractivity contribution in [3.8, 4) is 11.4 Å². The lowest BCUT2D eigenvalue weighted by Gasteiger charge is -2.27. The second-order valence-corrected chi connectivity index (χ2v) is 9.22. The van der Waals surface area contributed by atoms with Crippen LogP contribution in [0.4, 0.5) is 5.82 Å². The predicted octanol–water partition coefficient (Wildman–Crippen LogP) is 4.14. The van der Waals surface area contributed by atoms with Gasteiger partial charge in [-0.3, -0.25) is 9.69 Å². The molecule has 1 aliphatic heterocycles. The number of para-hydroxylation sites is 1. The van der Waals surface area contributed by atoms with Gasteiger partial charge in [-0.15, -0.1) is 0 Å². The van der Waals surface area contributed by atoms with Crippen molar-refractivity contribution in [2.75, 3.05) is 50.8 Å². The quantitative estimate of drug-likeness (QED) is 0.357. The maximum absolute atomic E-state index is 12.8. The highest BCUT2D eigenvalue weighted by Gasteiger charge is 2.18. The molecule has 2 heterocycles. The number of carbonyl (C=O) groups excluding carboxylic acids is 1. The highest BCUT2D eigenvalue weighted by molar-refractivity contribution is 5.91. The van der Waals surface area contributed by atoms with Gasteiger partial charge in [0.1, 0.15) is 5.82 Å². The second kappa shape index (κ2) is 12.4. The number of ether oxygens (including phenoxy) is 1. The van der Waals surface area contributed by atoms with Gasteiger partial charge in [0.25, 0.3) is 0 Å². The molecule has 0 spiro atoms. The number of benzene rings is 3. The van der Waals surface area contributed by atoms with Gasteiger partial charge < -0.3 is 15.0 Å². The number of hydrogen-bond acceptors (Lipinski definition) is 6. The molecule has 37 heavy (non-hydrogen) atoms. The molecule has 1 amide bonds. The number of aromatic nitrogens is 2. The molecule has 0 saturated carbocycles. The van der Waals surface area contributed by atoms with Gasteiger partial charge >= 0.3 is 0 Å². The summed E-state index contributed by atoms with van der Waals surface area (Å²) in [4.78, 5) is 27.2. The maximum Gasteiger partial charge on any atom is 0.221 e. The van der Waals surface area contributed by atoms with Crippen LogP contribution in [-0.2, 0) is 16.1 Å². The molecule has 1 N–H and O–H groups in total. The number of amides is 1. The number of anilines is 1. The van der Waals surface area contributed by atoms with E-state index >= 15 is 0 Å². The van der Waals surface area contributed by atoms with Crippen LogP contribution in [0.25, 0.3) is 22.3 Å². The summed E-state index contributed by atoms with van der Waals surface area (Å²) in [6, 6.07) is 28.4. The highest BCUT2D eigenvalue weighted by Crippen LogP contribution is 2.28. The molecule has 7 nitrogen and oxygen atoms in total. The van der Waals surface area contributed by atoms with Crippen LogP contribution in [0.1, 0.15) is 12.0 Å². The van der Waals surface area contributed by atoms with E-state index in [1.54, 1.807) is 0 Å². The molecule has 3 aromatic carbocycles. The molecule has 190 valence electrons. The van der Waals surface area contributed by atoms with Gasteiger partial charge in [-0.1, -0.05) is 72.8 Å². The number of morpholine rings is 1. The third-order valence-corrected chi connectivity index (χ3v) is 6.59. The molecule has 1 saturated heterocycles. The third kappa shape index (κ3) is 6.70. The molecule has 7 heteroatoms. The number of fused-ring (bicyclic) bond motifs is 1. The van der Waals surface area contributed by atoms with E-state index in [2.05, 4.69) is 33.3 Å². The van der Waals surface area contributed by atoms with Gasteiger partial charge in [-0.05, 0) is 17.7 Å². The first-order valence-corrected chi connectivity index (χ1v) is 12.9. The zero-order valence-corrected chi connectivity index (χ0v) is 21.1. The number of nitrogens with one attached hydrogen (secondary N) is 1. The zero-order chi connectivity index (χ0) is 25.3. The van der Waals surface area contributed by atoms with E-state index in [-0.39, 0.29) is 5.91 Å². The van der Waals surface area contributed by atoms with Crippen molar-refractivity contribution in [1.29, 1.82) is 0 Å². The van der Waals surface area contributed by atoms with Crippen molar-refractivity contribution in [1.82, 2.24) is 20.2 Å². The minimum absolute atomic E-state index is 0.0490. The highest BCUT2D eigenvalue weighted by atomic mass is 16.5. The summed E-state index contributed by atoms with van der Waals surface area (Å²) in [5.74, 6) is 1.57. The van der Waals surface area contributed by atoms with Crippen LogP contribution in [-0.4, -0.2) is 66.7 Å². The molecule has 5 rings (SSSR count). The van der Waals surface area contributed by atoms with Crippen LogP contribution < -0.4 is 10.2 Å². The Morgan fingerprint density at radius 2 is 1.59 bits per heavy atom. The summed E-state index contributed by atoms with van der Waals surface area (Å²) >= 11 is 0. The van der Waals surface area contributed by atoms with Gasteiger partial charge in [0.05, 0.1) is 18.7 Å². The SMILES string of the molecule is O=C(CCN(Cc1ccccc1)c1nc(-c2ccccc2)nc2ccccc12)NCCN1CCOCC1. The fourth-order valence-electron chi connectivity index (χ4n) is 4.58. The summed E-state index contributed by atoms with van der Waals surface area (Å²) in [5, 5.41) is 4.07. The fourth-order valence-corrected chi connectivity index (χ4v) is 4.58. The Balaban J connectivity index is 1.37. The minimum atomic E-state index is 0.0490. The van der Waals surface area contributed by atoms with E-state index in [9.17, 15) is 4.79 Å². The van der Waals surface area contributed by atoms with Gasteiger partial charge in [0.15, 0.2) is 5.82 Å². The van der Waals surface area contributed by atoms with Gasteiger partial charge in [0, 0.05) is 56.6 Å². The first-order chi connectivity index (χ1) is 18.3. The van der Waals surface area contributed by atoms with Gasteiger partial charge in [-0.25, -0.2) is 9.97 Å². The third-order valence-electron chi connectivity index (χ3n) is 6.59. The first kappa shape index (κ1) is 24.9. The fraction of sp³-hybridized carbons (Fsp3) is 0.300. The Hall–Kier alpha value is -3.81. The van der Waals surface area contributed by atoms with Crippen LogP contribution in [0.5, 0.6) is 0 Å². The molecule has 1 fully saturated rings. The molecular formula is C30H33N5O2. The van der Waals surface area contributed by atoms with E-state index in [0.717, 1.165) is 55.1 Å². The van der Waals surface area contributed by atoms with Crippen molar-refractivity contribution in [2.45, 2.75) is 13.0 Å². The lowest BCUT2D eigenvalue weighted by Crippen LogP contribution is -2.41. The van der Waals surface area contributed by atoms with E-state index in [1.165, 1.54) is 5.56 Å². The molecule has 0 aliphatic carbocycles. The summed E-state index contributed by atoms with van der Waals surface area (Å²) in [6.45, 7) is 6.06. The van der Waals surface area contributed by atoms with Crippen LogP contribution >= 0.6 is 0 Å². The molecule has 4 aromatic rings. The molecule has 1 aliphatic rings. The van der Waals surface area contributed by atoms with Gasteiger partial charge in [0.2, 0.25) is 5.91 Å². The van der Waals surface area contributed by atoms with Crippen molar-refractivity contribution in [2.24, 2.45) is 0 Å². The summed E-state index contributed by atoms with van der Waals surface area (Å²) < 4.78 is 5.41. The van der Waals surface area contributed by atoms with Crippen LogP contribution in [0.2, 0.25) is 0 Å². The first-order valence-electron chi connectivity index (χ1n) is 12.9. The molecular weight excluding hydrogens is 462 g/mol. The Morgan fingerprint density at radius 1 is 0.892 bits per heavy atom. The predicted molar refractivity (Wildman–Crippen MR) is 147 cm³/mol. The Bertz CT molecular complexity index is 1290. The van der Waals surface area contributed by atoms with E-state index in [1.807, 2.05) is 66.7 Å². The number of carbonyl (C=O) groups is 1. The van der Waals surface area contributed by atoms with Crippen LogP contribution in [0.3, 0.4) is 0 Å². The monoisotopic (exact) mass is 495 g/mol. The Morgan fingerprint density at radius 3 is 2.38 bits per heavy atom. The molecule has 0 atom stereocenters. The molecule has 0 bridgehead atoms. The van der Waals surface area contributed by atoms with Crippen molar-refractivity contribution >= 4 is 22.6 Å². The number of nitrogens with zero attached hydrogens (tertiary/aromatic N) is 4. The lowest BCUT2D eigenvalue weighted by atomic mass is 10.1. The number of hydrogen-bond donors (Lipinski definition) is 1. The molecule has 1 aromatic heterocycles. The summed E-state index contributed by atoms with van der Waals surface area (Å²) in [5.41, 5.74) is 3.02. The largest absolute Gasteiger partial charge is 0.379 e. The maximum atomic E-state index is 12.8. The summed E-state index contributed by atoms with van der Waals surface area (Å²) in [7, 11) is 0. The van der Waals surface area contributed by atoms with Crippen LogP contribution in [0, 0.1) is 0 Å².